The van der Waals surface area contributed by atoms with Gasteiger partial charge in [0.2, 0.25) is 0 Å². The lowest BCUT2D eigenvalue weighted by Crippen LogP contribution is -2.23. The predicted octanol–water partition coefficient (Wildman–Crippen LogP) is 3.17. The van der Waals surface area contributed by atoms with Crippen molar-refractivity contribution >= 4 is 0 Å². The first kappa shape index (κ1) is 16.0. The van der Waals surface area contributed by atoms with Crippen LogP contribution in [0.5, 0.6) is 0 Å². The van der Waals surface area contributed by atoms with E-state index in [0.29, 0.717) is 0 Å². The fourth-order valence-corrected chi connectivity index (χ4v) is 3.26. The molecule has 1 aromatic heterocycles. The quantitative estimate of drug-likeness (QED) is 0.719. The molecule has 2 aromatic carbocycles. The number of hydrogen-bond donors (Lipinski definition) is 0. The molecule has 0 saturated carbocycles. The largest absolute Gasteiger partial charge is 0.356 e. The van der Waals surface area contributed by atoms with Gasteiger partial charge in [-0.1, -0.05) is 65.4 Å². The molecule has 3 aromatic rings. The Labute approximate surface area is 147 Å². The highest BCUT2D eigenvalue weighted by atomic mass is 16.5. The number of benzene rings is 2. The minimum absolute atomic E-state index is 0.120. The summed E-state index contributed by atoms with van der Waals surface area (Å²) >= 11 is 0. The summed E-state index contributed by atoms with van der Waals surface area (Å²) in [6, 6.07) is 18.9. The molecule has 0 N–H and O–H groups in total. The van der Waals surface area contributed by atoms with E-state index in [9.17, 15) is 0 Å². The first-order chi connectivity index (χ1) is 12.3. The summed E-state index contributed by atoms with van der Waals surface area (Å²) in [4.78, 5) is 2.31. The number of aryl methyl sites for hydroxylation is 1. The Balaban J connectivity index is 1.47. The number of hydrogen-bond acceptors (Lipinski definition) is 4. The standard InChI is InChI=1S/C20H22N4O/c1-16-6-5-9-18(12-16)13-23-10-11-25-20(23)19-15-24(22-21-19)14-17-7-3-2-4-8-17/h2-9,12,15,20H,10-11,13-14H2,1H3. The summed E-state index contributed by atoms with van der Waals surface area (Å²) in [6.45, 7) is 5.33. The summed E-state index contributed by atoms with van der Waals surface area (Å²) in [5.74, 6) is 0. The van der Waals surface area contributed by atoms with Crippen LogP contribution in [0.2, 0.25) is 0 Å². The van der Waals surface area contributed by atoms with Crippen LogP contribution in [0.25, 0.3) is 0 Å². The lowest BCUT2D eigenvalue weighted by atomic mass is 10.1. The maximum absolute atomic E-state index is 5.93. The third-order valence-corrected chi connectivity index (χ3v) is 4.45. The van der Waals surface area contributed by atoms with Gasteiger partial charge in [0.1, 0.15) is 5.69 Å². The molecule has 1 aliphatic heterocycles. The zero-order chi connectivity index (χ0) is 17.1. The van der Waals surface area contributed by atoms with Gasteiger partial charge in [0.05, 0.1) is 19.3 Å². The zero-order valence-corrected chi connectivity index (χ0v) is 14.4. The smallest absolute Gasteiger partial charge is 0.157 e. The van der Waals surface area contributed by atoms with Gasteiger partial charge in [0, 0.05) is 13.1 Å². The molecule has 5 nitrogen and oxygen atoms in total. The second kappa shape index (κ2) is 7.17. The van der Waals surface area contributed by atoms with Gasteiger partial charge in [-0.15, -0.1) is 5.10 Å². The molecule has 25 heavy (non-hydrogen) atoms. The molecular formula is C20H22N4O. The molecule has 1 atom stereocenters. The SMILES string of the molecule is Cc1cccc(CN2CCOC2c2cn(Cc3ccccc3)nn2)c1. The summed E-state index contributed by atoms with van der Waals surface area (Å²) in [5.41, 5.74) is 4.67. The van der Waals surface area contributed by atoms with Crippen LogP contribution in [0.15, 0.2) is 60.8 Å². The highest BCUT2D eigenvalue weighted by Crippen LogP contribution is 2.27. The van der Waals surface area contributed by atoms with Gasteiger partial charge in [-0.2, -0.15) is 0 Å². The van der Waals surface area contributed by atoms with E-state index in [4.69, 9.17) is 4.74 Å². The molecule has 128 valence electrons. The summed E-state index contributed by atoms with van der Waals surface area (Å²) in [6.07, 6.45) is 1.87. The van der Waals surface area contributed by atoms with Gasteiger partial charge in [-0.05, 0) is 18.1 Å². The molecule has 1 fully saturated rings. The summed E-state index contributed by atoms with van der Waals surface area (Å²) < 4.78 is 7.80. The minimum atomic E-state index is -0.120. The number of ether oxygens (including phenoxy) is 1. The summed E-state index contributed by atoms with van der Waals surface area (Å²) in [5, 5.41) is 8.62. The molecule has 0 amide bonds. The topological polar surface area (TPSA) is 43.2 Å². The van der Waals surface area contributed by atoms with Gasteiger partial charge in [-0.3, -0.25) is 4.90 Å². The van der Waals surface area contributed by atoms with Crippen LogP contribution in [0.4, 0.5) is 0 Å². The van der Waals surface area contributed by atoms with Gasteiger partial charge in [-0.25, -0.2) is 4.68 Å². The predicted molar refractivity (Wildman–Crippen MR) is 95.8 cm³/mol. The van der Waals surface area contributed by atoms with E-state index in [1.54, 1.807) is 0 Å². The highest BCUT2D eigenvalue weighted by Gasteiger charge is 2.29. The molecule has 0 aliphatic carbocycles. The Hall–Kier alpha value is -2.50. The van der Waals surface area contributed by atoms with Crippen LogP contribution in [0.1, 0.15) is 28.6 Å². The zero-order valence-electron chi connectivity index (χ0n) is 14.4. The third-order valence-electron chi connectivity index (χ3n) is 4.45. The van der Waals surface area contributed by atoms with Crippen molar-refractivity contribution < 1.29 is 4.74 Å². The molecular weight excluding hydrogens is 312 g/mol. The van der Waals surface area contributed by atoms with Crippen molar-refractivity contribution in [3.63, 3.8) is 0 Å². The van der Waals surface area contributed by atoms with Gasteiger partial charge >= 0.3 is 0 Å². The molecule has 1 unspecified atom stereocenters. The first-order valence-electron chi connectivity index (χ1n) is 8.63. The van der Waals surface area contributed by atoms with E-state index >= 15 is 0 Å². The molecule has 1 saturated heterocycles. The Morgan fingerprint density at radius 1 is 1.04 bits per heavy atom. The van der Waals surface area contributed by atoms with Crippen molar-refractivity contribution in [1.29, 1.82) is 0 Å². The van der Waals surface area contributed by atoms with Crippen LogP contribution < -0.4 is 0 Å². The average molecular weight is 334 g/mol. The van der Waals surface area contributed by atoms with Crippen molar-refractivity contribution in [2.75, 3.05) is 13.2 Å². The van der Waals surface area contributed by atoms with Crippen LogP contribution >= 0.6 is 0 Å². The number of aromatic nitrogens is 3. The second-order valence-electron chi connectivity index (χ2n) is 6.51. The molecule has 1 aliphatic rings. The third kappa shape index (κ3) is 3.78. The first-order valence-corrected chi connectivity index (χ1v) is 8.63. The van der Waals surface area contributed by atoms with Crippen molar-refractivity contribution in [2.24, 2.45) is 0 Å². The van der Waals surface area contributed by atoms with Crippen LogP contribution in [0, 0.1) is 6.92 Å². The van der Waals surface area contributed by atoms with Crippen molar-refractivity contribution in [1.82, 2.24) is 19.9 Å². The number of rotatable bonds is 5. The van der Waals surface area contributed by atoms with E-state index in [1.807, 2.05) is 29.1 Å². The van der Waals surface area contributed by atoms with E-state index in [0.717, 1.165) is 31.9 Å². The van der Waals surface area contributed by atoms with Crippen LogP contribution in [-0.4, -0.2) is 33.0 Å². The van der Waals surface area contributed by atoms with Crippen molar-refractivity contribution in [3.8, 4) is 0 Å². The van der Waals surface area contributed by atoms with Gasteiger partial charge < -0.3 is 4.74 Å². The lowest BCUT2D eigenvalue weighted by Gasteiger charge is -2.21. The normalized spacial score (nSPS) is 17.9. The average Bonchev–Trinajstić information content (AvgIpc) is 3.25. The van der Waals surface area contributed by atoms with Crippen LogP contribution in [0.3, 0.4) is 0 Å². The summed E-state index contributed by atoms with van der Waals surface area (Å²) in [7, 11) is 0. The van der Waals surface area contributed by atoms with E-state index in [-0.39, 0.29) is 6.23 Å². The van der Waals surface area contributed by atoms with Gasteiger partial charge in [0.15, 0.2) is 6.23 Å². The molecule has 0 spiro atoms. The Morgan fingerprint density at radius 2 is 1.88 bits per heavy atom. The minimum Gasteiger partial charge on any atom is -0.356 e. The molecule has 2 heterocycles. The lowest BCUT2D eigenvalue weighted by molar-refractivity contribution is 0.0252. The Morgan fingerprint density at radius 3 is 2.72 bits per heavy atom. The van der Waals surface area contributed by atoms with Crippen molar-refractivity contribution in [3.05, 3.63) is 83.2 Å². The van der Waals surface area contributed by atoms with E-state index < -0.39 is 0 Å². The fraction of sp³-hybridized carbons (Fsp3) is 0.300. The molecule has 5 heteroatoms. The maximum atomic E-state index is 5.93. The number of nitrogens with zero attached hydrogens (tertiary/aromatic N) is 4. The molecule has 0 bridgehead atoms. The van der Waals surface area contributed by atoms with Gasteiger partial charge in [0.25, 0.3) is 0 Å². The highest BCUT2D eigenvalue weighted by molar-refractivity contribution is 5.22. The van der Waals surface area contributed by atoms with E-state index in [1.165, 1.54) is 16.7 Å². The van der Waals surface area contributed by atoms with E-state index in [2.05, 4.69) is 58.5 Å². The Kier molecular flexibility index (Phi) is 4.59. The molecule has 4 rings (SSSR count). The Bertz CT molecular complexity index is 830. The second-order valence-corrected chi connectivity index (χ2v) is 6.51. The van der Waals surface area contributed by atoms with Crippen LogP contribution in [-0.2, 0) is 17.8 Å². The molecule has 0 radical (unpaired) electrons. The fourth-order valence-electron chi connectivity index (χ4n) is 3.26. The monoisotopic (exact) mass is 334 g/mol. The maximum Gasteiger partial charge on any atom is 0.157 e. The van der Waals surface area contributed by atoms with Crippen molar-refractivity contribution in [2.45, 2.75) is 26.2 Å².